The number of rotatable bonds is 1. The number of nitro groups is 1. The Balaban J connectivity index is 3.10. The predicted molar refractivity (Wildman–Crippen MR) is 35.1 cm³/mol. The minimum absolute atomic E-state index is 0.117. The van der Waals surface area contributed by atoms with E-state index in [4.69, 9.17) is 23.4 Å². The highest BCUT2D eigenvalue weighted by molar-refractivity contribution is 6.32. The van der Waals surface area contributed by atoms with Gasteiger partial charge in [-0.3, -0.25) is 0 Å². The third kappa shape index (κ3) is 1.19. The topological polar surface area (TPSA) is 61.0 Å². The second kappa shape index (κ2) is 2.43. The zero-order valence-corrected chi connectivity index (χ0v) is 6.00. The summed E-state index contributed by atoms with van der Waals surface area (Å²) in [5, 5.41) is 9.86. The van der Waals surface area contributed by atoms with Crippen molar-refractivity contribution in [3.05, 3.63) is 21.6 Å². The van der Waals surface area contributed by atoms with E-state index in [1.807, 2.05) is 0 Å². The molecule has 0 saturated carbocycles. The van der Waals surface area contributed by atoms with E-state index in [-0.39, 0.29) is 11.1 Å². The van der Waals surface area contributed by atoms with E-state index in [0.717, 1.165) is 10.3 Å². The van der Waals surface area contributed by atoms with E-state index in [1.54, 1.807) is 0 Å². The van der Waals surface area contributed by atoms with Crippen LogP contribution in [-0.4, -0.2) is 14.0 Å². The number of hydrogen-bond donors (Lipinski definition) is 0. The van der Waals surface area contributed by atoms with Gasteiger partial charge >= 0.3 is 11.1 Å². The van der Waals surface area contributed by atoms with Gasteiger partial charge in [0, 0.05) is 11.8 Å². The van der Waals surface area contributed by atoms with Gasteiger partial charge in [0.05, 0.1) is 0 Å². The van der Waals surface area contributed by atoms with Gasteiger partial charge in [-0.05, 0) is 21.5 Å². The third-order valence-electron chi connectivity index (χ3n) is 0.799. The van der Waals surface area contributed by atoms with Gasteiger partial charge in [-0.25, -0.2) is 4.09 Å². The Morgan fingerprint density at radius 3 is 2.60 bits per heavy atom. The van der Waals surface area contributed by atoms with Gasteiger partial charge in [0.25, 0.3) is 0 Å². The molecule has 1 aromatic rings. The lowest BCUT2D eigenvalue weighted by atomic mass is 10.8. The van der Waals surface area contributed by atoms with Crippen LogP contribution in [-0.2, 0) is 0 Å². The van der Waals surface area contributed by atoms with Gasteiger partial charge in [0.1, 0.15) is 6.20 Å². The van der Waals surface area contributed by atoms with Crippen LogP contribution in [0.5, 0.6) is 0 Å². The fourth-order valence-corrected chi connectivity index (χ4v) is 0.674. The quantitative estimate of drug-likeness (QED) is 0.487. The van der Waals surface area contributed by atoms with E-state index in [0.29, 0.717) is 0 Å². The Morgan fingerprint density at radius 2 is 2.40 bits per heavy atom. The van der Waals surface area contributed by atoms with Crippen molar-refractivity contribution in [2.75, 3.05) is 0 Å². The summed E-state index contributed by atoms with van der Waals surface area (Å²) in [6, 6.07) is 0. The first kappa shape index (κ1) is 7.30. The van der Waals surface area contributed by atoms with Crippen LogP contribution < -0.4 is 0 Å². The molecule has 0 N–H and O–H groups in total. The molecule has 1 aromatic heterocycles. The molecule has 0 unspecified atom stereocenters. The molecule has 0 amide bonds. The Hall–Kier alpha value is -0.810. The van der Waals surface area contributed by atoms with Gasteiger partial charge in [-0.1, -0.05) is 0 Å². The van der Waals surface area contributed by atoms with Crippen LogP contribution in [0.1, 0.15) is 0 Å². The number of hydrogen-bond acceptors (Lipinski definition) is 3. The highest BCUT2D eigenvalue weighted by Gasteiger charge is 2.14. The van der Waals surface area contributed by atoms with Crippen LogP contribution in [0.4, 0.5) is 5.82 Å². The fraction of sp³-hybridized carbons (Fsp3) is 0. The first-order chi connectivity index (χ1) is 4.61. The summed E-state index contributed by atoms with van der Waals surface area (Å²) in [7, 11) is 0. The van der Waals surface area contributed by atoms with Gasteiger partial charge in [-0.15, -0.1) is 0 Å². The Morgan fingerprint density at radius 1 is 1.80 bits per heavy atom. The van der Waals surface area contributed by atoms with Crippen molar-refractivity contribution in [1.82, 2.24) is 9.07 Å². The van der Waals surface area contributed by atoms with Crippen LogP contribution in [0.25, 0.3) is 0 Å². The van der Waals surface area contributed by atoms with Crippen molar-refractivity contribution >= 4 is 29.2 Å². The van der Waals surface area contributed by atoms with Crippen LogP contribution >= 0.6 is 23.4 Å². The summed E-state index contributed by atoms with van der Waals surface area (Å²) in [6.07, 6.45) is 1.02. The molecule has 5 nitrogen and oxygen atoms in total. The maximum atomic E-state index is 9.98. The maximum Gasteiger partial charge on any atom is 0.384 e. The molecule has 0 fully saturated rings. The summed E-state index contributed by atoms with van der Waals surface area (Å²) in [6.45, 7) is 0. The lowest BCUT2D eigenvalue weighted by molar-refractivity contribution is -0.389. The highest BCUT2D eigenvalue weighted by Crippen LogP contribution is 2.15. The molecule has 0 aliphatic heterocycles. The van der Waals surface area contributed by atoms with E-state index in [9.17, 15) is 10.1 Å². The second-order valence-electron chi connectivity index (χ2n) is 1.44. The fourth-order valence-electron chi connectivity index (χ4n) is 0.414. The van der Waals surface area contributed by atoms with Crippen LogP contribution in [0, 0.1) is 10.1 Å². The van der Waals surface area contributed by atoms with Crippen LogP contribution in [0.15, 0.2) is 6.20 Å². The molecule has 1 heterocycles. The lowest BCUT2D eigenvalue weighted by Gasteiger charge is -1.81. The Bertz CT molecular complexity index is 251. The molecular formula is C3HCl2N3O2. The van der Waals surface area contributed by atoms with E-state index < -0.39 is 4.92 Å². The number of nitrogens with zero attached hydrogens (tertiary/aromatic N) is 3. The molecule has 0 aromatic carbocycles. The monoisotopic (exact) mass is 181 g/mol. The summed E-state index contributed by atoms with van der Waals surface area (Å²) >= 11 is 10.6. The smallest absolute Gasteiger partial charge is 0.358 e. The molecule has 0 saturated heterocycles. The average molecular weight is 182 g/mol. The SMILES string of the molecule is O=[N+]([O-])c1cn(Cl)c(Cl)n1. The zero-order chi connectivity index (χ0) is 7.72. The van der Waals surface area contributed by atoms with Crippen molar-refractivity contribution in [3.8, 4) is 0 Å². The zero-order valence-electron chi connectivity index (χ0n) is 4.49. The Labute approximate surface area is 65.4 Å². The van der Waals surface area contributed by atoms with E-state index >= 15 is 0 Å². The standard InChI is InChI=1S/C3HCl2N3O2/c4-3-6-2(8(9)10)1-7(3)5/h1H. The molecule has 54 valence electrons. The predicted octanol–water partition coefficient (Wildman–Crippen LogP) is 1.45. The van der Waals surface area contributed by atoms with Crippen molar-refractivity contribution in [3.63, 3.8) is 0 Å². The van der Waals surface area contributed by atoms with Crippen molar-refractivity contribution in [2.45, 2.75) is 0 Å². The summed E-state index contributed by atoms with van der Waals surface area (Å²) in [5.41, 5.74) is 0. The summed E-state index contributed by atoms with van der Waals surface area (Å²) in [4.78, 5) is 12.6. The summed E-state index contributed by atoms with van der Waals surface area (Å²) in [5.74, 6) is -0.361. The minimum Gasteiger partial charge on any atom is -0.358 e. The number of imidazole rings is 1. The second-order valence-corrected chi connectivity index (χ2v) is 2.14. The molecule has 0 spiro atoms. The molecule has 0 aliphatic carbocycles. The van der Waals surface area contributed by atoms with Gasteiger partial charge in [0.15, 0.2) is 0 Å². The minimum atomic E-state index is -0.676. The van der Waals surface area contributed by atoms with Gasteiger partial charge < -0.3 is 10.1 Å². The molecule has 7 heteroatoms. The number of aromatic nitrogens is 2. The van der Waals surface area contributed by atoms with E-state index in [2.05, 4.69) is 4.98 Å². The average Bonchev–Trinajstić information content (AvgIpc) is 2.13. The number of halogens is 2. The molecule has 10 heavy (non-hydrogen) atoms. The van der Waals surface area contributed by atoms with Gasteiger partial charge in [0.2, 0.25) is 0 Å². The normalized spacial score (nSPS) is 9.80. The molecule has 0 atom stereocenters. The van der Waals surface area contributed by atoms with Crippen molar-refractivity contribution in [2.24, 2.45) is 0 Å². The molecule has 0 aliphatic rings. The van der Waals surface area contributed by atoms with Crippen molar-refractivity contribution < 1.29 is 4.92 Å². The first-order valence-electron chi connectivity index (χ1n) is 2.16. The third-order valence-corrected chi connectivity index (χ3v) is 1.41. The largest absolute Gasteiger partial charge is 0.384 e. The van der Waals surface area contributed by atoms with Crippen molar-refractivity contribution in [1.29, 1.82) is 0 Å². The molecule has 0 bridgehead atoms. The van der Waals surface area contributed by atoms with Gasteiger partial charge in [-0.2, -0.15) is 0 Å². The molecular weight excluding hydrogens is 181 g/mol. The maximum absolute atomic E-state index is 9.98. The first-order valence-corrected chi connectivity index (χ1v) is 2.88. The lowest BCUT2D eigenvalue weighted by Crippen LogP contribution is -1.85. The molecule has 0 radical (unpaired) electrons. The van der Waals surface area contributed by atoms with Crippen LogP contribution in [0.2, 0.25) is 5.28 Å². The summed E-state index contributed by atoms with van der Waals surface area (Å²) < 4.78 is 0.847. The van der Waals surface area contributed by atoms with Crippen LogP contribution in [0.3, 0.4) is 0 Å². The highest BCUT2D eigenvalue weighted by atomic mass is 35.5. The van der Waals surface area contributed by atoms with E-state index in [1.165, 1.54) is 0 Å². The molecule has 1 rings (SSSR count). The Kier molecular flexibility index (Phi) is 1.78.